The average Bonchev–Trinajstić information content (AvgIpc) is 2.23. The molecule has 0 saturated heterocycles. The predicted molar refractivity (Wildman–Crippen MR) is 68.4 cm³/mol. The van der Waals surface area contributed by atoms with Crippen LogP contribution in [0.2, 0.25) is 0 Å². The normalized spacial score (nSPS) is 10.0. The Balaban J connectivity index is 3.45. The monoisotopic (exact) mass is 240 g/mol. The Morgan fingerprint density at radius 1 is 1.00 bits per heavy atom. The lowest BCUT2D eigenvalue weighted by Crippen LogP contribution is -2.06. The summed E-state index contributed by atoms with van der Waals surface area (Å²) in [5.74, 6) is 0. The Kier molecular flexibility index (Phi) is 3.59. The average molecular weight is 240 g/mol. The second kappa shape index (κ2) is 4.57. The van der Waals surface area contributed by atoms with Gasteiger partial charge in [0.05, 0.1) is 0 Å². The molecule has 0 heterocycles. The maximum atomic E-state index is 10.5. The van der Waals surface area contributed by atoms with Crippen molar-refractivity contribution in [2.24, 2.45) is 0 Å². The number of hydrogen-bond donors (Lipinski definition) is 2. The van der Waals surface area contributed by atoms with Crippen molar-refractivity contribution < 1.29 is 8.42 Å². The molecule has 0 fully saturated rings. The first kappa shape index (κ1) is 12.6. The fraction of sp³-hybridized carbons (Fsp3) is 0.364. The van der Waals surface area contributed by atoms with Gasteiger partial charge in [0.15, 0.2) is 0 Å². The fourth-order valence-electron chi connectivity index (χ4n) is 1.69. The minimum absolute atomic E-state index is 0.704. The Morgan fingerprint density at radius 2 is 1.56 bits per heavy atom. The lowest BCUT2D eigenvalue weighted by atomic mass is 9.96. The van der Waals surface area contributed by atoms with Gasteiger partial charge in [0.2, 0.25) is 10.3 Å². The minimum Gasteiger partial charge on any atom is -0.398 e. The third-order valence-electron chi connectivity index (χ3n) is 2.98. The summed E-state index contributed by atoms with van der Waals surface area (Å²) in [7, 11) is -2.23. The lowest BCUT2D eigenvalue weighted by Gasteiger charge is -2.17. The van der Waals surface area contributed by atoms with Crippen molar-refractivity contribution in [2.75, 3.05) is 11.1 Å². The number of nitrogens with two attached hydrogens (primary N) is 1. The van der Waals surface area contributed by atoms with E-state index in [2.05, 4.69) is 5.32 Å². The van der Waals surface area contributed by atoms with E-state index in [1.165, 1.54) is 0 Å². The lowest BCUT2D eigenvalue weighted by molar-refractivity contribution is 0.627. The van der Waals surface area contributed by atoms with Crippen molar-refractivity contribution in [3.05, 3.63) is 22.3 Å². The van der Waals surface area contributed by atoms with Gasteiger partial charge in [-0.25, -0.2) is 0 Å². The van der Waals surface area contributed by atoms with Gasteiger partial charge in [0, 0.05) is 11.4 Å². The second-order valence-corrected chi connectivity index (χ2v) is 4.57. The molecule has 1 rings (SSSR count). The van der Waals surface area contributed by atoms with Crippen LogP contribution in [0.25, 0.3) is 0 Å². The second-order valence-electron chi connectivity index (χ2n) is 3.81. The molecular weight excluding hydrogens is 224 g/mol. The number of anilines is 2. The fourth-order valence-corrected chi connectivity index (χ4v) is 1.91. The SMILES string of the molecule is Cc1c(C)c(N)c(C)c(NC=S(=O)=O)c1C. The molecule has 0 aliphatic rings. The number of hydrogen-bond acceptors (Lipinski definition) is 3. The van der Waals surface area contributed by atoms with Crippen molar-refractivity contribution in [2.45, 2.75) is 27.7 Å². The van der Waals surface area contributed by atoms with Crippen LogP contribution in [0.1, 0.15) is 22.3 Å². The van der Waals surface area contributed by atoms with Crippen LogP contribution < -0.4 is 11.1 Å². The van der Waals surface area contributed by atoms with E-state index in [9.17, 15) is 8.42 Å². The highest BCUT2D eigenvalue weighted by Gasteiger charge is 2.11. The molecule has 0 radical (unpaired) electrons. The molecule has 88 valence electrons. The molecule has 0 atom stereocenters. The van der Waals surface area contributed by atoms with Crippen LogP contribution >= 0.6 is 0 Å². The highest BCUT2D eigenvalue weighted by molar-refractivity contribution is 7.71. The highest BCUT2D eigenvalue weighted by Crippen LogP contribution is 2.31. The largest absolute Gasteiger partial charge is 0.398 e. The minimum atomic E-state index is -2.23. The Morgan fingerprint density at radius 3 is 2.06 bits per heavy atom. The molecule has 16 heavy (non-hydrogen) atoms. The van der Waals surface area contributed by atoms with E-state index >= 15 is 0 Å². The zero-order valence-corrected chi connectivity index (χ0v) is 10.7. The van der Waals surface area contributed by atoms with Crippen LogP contribution in [0.5, 0.6) is 0 Å². The van der Waals surface area contributed by atoms with E-state index < -0.39 is 10.3 Å². The molecule has 1 aromatic carbocycles. The summed E-state index contributed by atoms with van der Waals surface area (Å²) in [6.07, 6.45) is 0. The van der Waals surface area contributed by atoms with Gasteiger partial charge in [-0.1, -0.05) is 0 Å². The van der Waals surface area contributed by atoms with Crippen LogP contribution in [0, 0.1) is 27.7 Å². The Labute approximate surface area is 97.0 Å². The molecule has 0 aromatic heterocycles. The summed E-state index contributed by atoms with van der Waals surface area (Å²) < 4.78 is 21.0. The van der Waals surface area contributed by atoms with Crippen molar-refractivity contribution >= 4 is 27.2 Å². The molecule has 0 aliphatic heterocycles. The molecule has 0 saturated carbocycles. The van der Waals surface area contributed by atoms with Gasteiger partial charge in [-0.15, -0.1) is 0 Å². The Hall–Kier alpha value is -1.49. The van der Waals surface area contributed by atoms with Crippen molar-refractivity contribution in [1.29, 1.82) is 0 Å². The maximum absolute atomic E-state index is 10.5. The van der Waals surface area contributed by atoms with Crippen molar-refractivity contribution in [1.82, 2.24) is 0 Å². The molecule has 4 nitrogen and oxygen atoms in total. The van der Waals surface area contributed by atoms with E-state index in [1.807, 2.05) is 27.7 Å². The summed E-state index contributed by atoms with van der Waals surface area (Å²) in [6, 6.07) is 0. The van der Waals surface area contributed by atoms with Crippen molar-refractivity contribution in [3.8, 4) is 0 Å². The van der Waals surface area contributed by atoms with Gasteiger partial charge in [-0.05, 0) is 49.9 Å². The standard InChI is InChI=1S/C11H16N2O2S/c1-6-7(2)10(12)9(4)11(8(6)3)13-5-16(14)15/h5,13H,12H2,1-4H3. The van der Waals surface area contributed by atoms with Gasteiger partial charge in [-0.2, -0.15) is 8.42 Å². The van der Waals surface area contributed by atoms with E-state index in [4.69, 9.17) is 5.73 Å². The van der Waals surface area contributed by atoms with Gasteiger partial charge in [0.25, 0.3) is 0 Å². The smallest absolute Gasteiger partial charge is 0.230 e. The molecule has 0 amide bonds. The van der Waals surface area contributed by atoms with Gasteiger partial charge >= 0.3 is 0 Å². The summed E-state index contributed by atoms with van der Waals surface area (Å²) in [5.41, 5.74) is 12.5. The number of rotatable bonds is 2. The van der Waals surface area contributed by atoms with Gasteiger partial charge in [0.1, 0.15) is 5.49 Å². The Bertz CT molecular complexity index is 523. The van der Waals surface area contributed by atoms with E-state index in [1.54, 1.807) is 0 Å². The summed E-state index contributed by atoms with van der Waals surface area (Å²) >= 11 is 0. The highest BCUT2D eigenvalue weighted by atomic mass is 32.2. The molecule has 3 N–H and O–H groups in total. The first-order valence-corrected chi connectivity index (χ1v) is 6.03. The molecule has 0 spiro atoms. The van der Waals surface area contributed by atoms with Crippen LogP contribution in [0.3, 0.4) is 0 Å². The zero-order valence-electron chi connectivity index (χ0n) is 9.88. The number of nitrogen functional groups attached to an aromatic ring is 1. The first-order valence-electron chi connectivity index (χ1n) is 4.90. The van der Waals surface area contributed by atoms with Gasteiger partial charge in [-0.3, -0.25) is 0 Å². The predicted octanol–water partition coefficient (Wildman–Crippen LogP) is 1.55. The molecule has 0 aliphatic carbocycles. The van der Waals surface area contributed by atoms with E-state index in [-0.39, 0.29) is 0 Å². The first-order chi connectivity index (χ1) is 7.36. The number of nitrogens with one attached hydrogen (secondary N) is 1. The van der Waals surface area contributed by atoms with Gasteiger partial charge < -0.3 is 11.1 Å². The zero-order chi connectivity index (χ0) is 12.5. The summed E-state index contributed by atoms with van der Waals surface area (Å²) in [5, 5.41) is 2.77. The number of benzene rings is 1. The van der Waals surface area contributed by atoms with E-state index in [0.29, 0.717) is 5.69 Å². The van der Waals surface area contributed by atoms with Crippen LogP contribution in [-0.4, -0.2) is 13.9 Å². The third kappa shape index (κ3) is 2.19. The third-order valence-corrected chi connectivity index (χ3v) is 3.29. The summed E-state index contributed by atoms with van der Waals surface area (Å²) in [4.78, 5) is 0. The molecular formula is C11H16N2O2S. The molecule has 5 heteroatoms. The van der Waals surface area contributed by atoms with E-state index in [0.717, 1.165) is 33.4 Å². The maximum Gasteiger partial charge on any atom is 0.230 e. The molecule has 0 bridgehead atoms. The molecule has 1 aromatic rings. The van der Waals surface area contributed by atoms with Crippen LogP contribution in [-0.2, 0) is 10.3 Å². The molecule has 0 unspecified atom stereocenters. The van der Waals surface area contributed by atoms with Crippen LogP contribution in [0.15, 0.2) is 0 Å². The van der Waals surface area contributed by atoms with Crippen LogP contribution in [0.4, 0.5) is 11.4 Å². The quantitative estimate of drug-likeness (QED) is 0.607. The topological polar surface area (TPSA) is 72.2 Å². The van der Waals surface area contributed by atoms with Crippen molar-refractivity contribution in [3.63, 3.8) is 0 Å². The summed E-state index contributed by atoms with van der Waals surface area (Å²) in [6.45, 7) is 7.75.